The molecule has 4 aliphatic rings. The zero-order chi connectivity index (χ0) is 25.4. The maximum Gasteiger partial charge on any atom is 0.318 e. The van der Waals surface area contributed by atoms with E-state index in [1.165, 1.54) is 39.8 Å². The van der Waals surface area contributed by atoms with Crippen molar-refractivity contribution in [2.75, 3.05) is 39.8 Å². The van der Waals surface area contributed by atoms with Crippen LogP contribution in [0.2, 0.25) is 0 Å². The van der Waals surface area contributed by atoms with Crippen molar-refractivity contribution in [3.8, 4) is 11.1 Å². The highest BCUT2D eigenvalue weighted by Gasteiger charge is 2.29. The third-order valence-corrected chi connectivity index (χ3v) is 8.64. The van der Waals surface area contributed by atoms with Gasteiger partial charge in [-0.1, -0.05) is 36.4 Å². The second kappa shape index (κ2) is 10.4. The Balaban J connectivity index is 1.14. The number of carbonyl (C=O) groups excluding carboxylic acids is 1. The highest BCUT2D eigenvalue weighted by Crippen LogP contribution is 2.37. The van der Waals surface area contributed by atoms with E-state index < -0.39 is 0 Å². The number of hydrogen-bond acceptors (Lipinski definition) is 4. The zero-order valence-corrected chi connectivity index (χ0v) is 22.2. The first kappa shape index (κ1) is 24.4. The summed E-state index contributed by atoms with van der Waals surface area (Å²) in [5.41, 5.74) is 8.82. The fourth-order valence-corrected chi connectivity index (χ4v) is 5.96. The fourth-order valence-electron chi connectivity index (χ4n) is 5.96. The number of aromatic nitrogens is 1. The number of rotatable bonds is 5. The maximum absolute atomic E-state index is 12.7. The summed E-state index contributed by atoms with van der Waals surface area (Å²) in [5, 5.41) is 3.20. The van der Waals surface area contributed by atoms with Crippen LogP contribution in [0.4, 0.5) is 4.79 Å². The van der Waals surface area contributed by atoms with Gasteiger partial charge in [0, 0.05) is 75.1 Å². The van der Waals surface area contributed by atoms with Crippen molar-refractivity contribution >= 4 is 11.6 Å². The molecular weight excluding hydrogens is 458 g/mol. The Morgan fingerprint density at radius 2 is 1.84 bits per heavy atom. The predicted molar refractivity (Wildman–Crippen MR) is 149 cm³/mol. The summed E-state index contributed by atoms with van der Waals surface area (Å²) in [6, 6.07) is 11.9. The van der Waals surface area contributed by atoms with Gasteiger partial charge in [0.2, 0.25) is 0 Å². The number of amides is 2. The second-order valence-electron chi connectivity index (χ2n) is 11.3. The van der Waals surface area contributed by atoms with Crippen molar-refractivity contribution < 1.29 is 4.79 Å². The van der Waals surface area contributed by atoms with Crippen LogP contribution in [0.3, 0.4) is 0 Å². The van der Waals surface area contributed by atoms with Gasteiger partial charge in [0.05, 0.1) is 5.69 Å². The van der Waals surface area contributed by atoms with Crippen molar-refractivity contribution in [1.29, 1.82) is 0 Å². The normalized spacial score (nSPS) is 22.8. The average Bonchev–Trinajstić information content (AvgIpc) is 3.31. The molecule has 37 heavy (non-hydrogen) atoms. The number of pyridine rings is 1. The molecule has 0 radical (unpaired) electrons. The van der Waals surface area contributed by atoms with Gasteiger partial charge < -0.3 is 15.1 Å². The lowest BCUT2D eigenvalue weighted by Crippen LogP contribution is -2.51. The van der Waals surface area contributed by atoms with E-state index in [1.54, 1.807) is 0 Å². The van der Waals surface area contributed by atoms with Crippen LogP contribution in [0.25, 0.3) is 16.7 Å². The Morgan fingerprint density at radius 3 is 2.54 bits per heavy atom. The molecule has 0 spiro atoms. The summed E-state index contributed by atoms with van der Waals surface area (Å²) in [5.74, 6) is 0. The topological polar surface area (TPSA) is 51.7 Å². The summed E-state index contributed by atoms with van der Waals surface area (Å²) < 4.78 is 0. The Kier molecular flexibility index (Phi) is 6.87. The van der Waals surface area contributed by atoms with Crippen molar-refractivity contribution in [3.63, 3.8) is 0 Å². The van der Waals surface area contributed by atoms with Gasteiger partial charge in [0.25, 0.3) is 0 Å². The number of nitrogens with zero attached hydrogens (tertiary/aromatic N) is 4. The number of allylic oxidation sites excluding steroid dienone is 2. The second-order valence-corrected chi connectivity index (χ2v) is 11.3. The highest BCUT2D eigenvalue weighted by atomic mass is 16.2. The van der Waals surface area contributed by atoms with Gasteiger partial charge >= 0.3 is 6.03 Å². The molecule has 6 rings (SSSR count). The number of urea groups is 1. The molecule has 2 fully saturated rings. The molecular formula is C31H39N5O. The van der Waals surface area contributed by atoms with Crippen LogP contribution < -0.4 is 5.32 Å². The van der Waals surface area contributed by atoms with E-state index >= 15 is 0 Å². The molecule has 1 N–H and O–H groups in total. The molecule has 1 aromatic carbocycles. The van der Waals surface area contributed by atoms with E-state index in [2.05, 4.69) is 71.6 Å². The molecule has 1 unspecified atom stereocenters. The van der Waals surface area contributed by atoms with E-state index in [0.717, 1.165) is 70.6 Å². The van der Waals surface area contributed by atoms with Crippen LogP contribution in [-0.2, 0) is 13.0 Å². The van der Waals surface area contributed by atoms with Crippen molar-refractivity contribution in [2.24, 2.45) is 0 Å². The van der Waals surface area contributed by atoms with Gasteiger partial charge in [-0.15, -0.1) is 0 Å². The van der Waals surface area contributed by atoms with E-state index in [0.29, 0.717) is 6.04 Å². The zero-order valence-electron chi connectivity index (χ0n) is 22.2. The Hall–Kier alpha value is -2.96. The molecule has 1 aromatic heterocycles. The van der Waals surface area contributed by atoms with Crippen LogP contribution in [0.15, 0.2) is 54.3 Å². The highest BCUT2D eigenvalue weighted by molar-refractivity contribution is 5.86. The molecule has 6 nitrogen and oxygen atoms in total. The number of likely N-dealkylation sites (N-methyl/N-ethyl adjacent to an activating group) is 1. The SMILES string of the molecule is CC1C=C(C2=CCc3ncc(-c4ccc(CN5CCN(C)CC5)cc4)cc32)CCN1C(=O)NC1CCC1. The van der Waals surface area contributed by atoms with E-state index in [1.807, 2.05) is 11.1 Å². The lowest BCUT2D eigenvalue weighted by Gasteiger charge is -2.36. The van der Waals surface area contributed by atoms with E-state index in [9.17, 15) is 4.79 Å². The van der Waals surface area contributed by atoms with Gasteiger partial charge in [-0.3, -0.25) is 9.88 Å². The summed E-state index contributed by atoms with van der Waals surface area (Å²) in [4.78, 5) is 24.5. The quantitative estimate of drug-likeness (QED) is 0.650. The lowest BCUT2D eigenvalue weighted by molar-refractivity contribution is 0.148. The molecule has 2 aliphatic heterocycles. The Labute approximate surface area is 221 Å². The smallest absolute Gasteiger partial charge is 0.318 e. The minimum absolute atomic E-state index is 0.0910. The maximum atomic E-state index is 12.7. The van der Waals surface area contributed by atoms with Crippen molar-refractivity contribution in [2.45, 2.75) is 57.7 Å². The number of nitrogens with one attached hydrogen (secondary N) is 1. The van der Waals surface area contributed by atoms with Gasteiger partial charge in [-0.2, -0.15) is 0 Å². The van der Waals surface area contributed by atoms with E-state index in [4.69, 9.17) is 4.98 Å². The number of carbonyl (C=O) groups is 1. The van der Waals surface area contributed by atoms with E-state index in [-0.39, 0.29) is 12.1 Å². The predicted octanol–water partition coefficient (Wildman–Crippen LogP) is 4.72. The average molecular weight is 498 g/mol. The summed E-state index contributed by atoms with van der Waals surface area (Å²) in [6.45, 7) is 8.49. The third kappa shape index (κ3) is 5.23. The lowest BCUT2D eigenvalue weighted by atomic mass is 9.91. The first-order valence-electron chi connectivity index (χ1n) is 14.0. The fraction of sp³-hybridized carbons (Fsp3) is 0.484. The number of piperazine rings is 1. The minimum atomic E-state index is 0.0910. The molecule has 0 bridgehead atoms. The number of hydrogen-bond donors (Lipinski definition) is 1. The van der Waals surface area contributed by atoms with Crippen LogP contribution in [0.5, 0.6) is 0 Å². The number of benzene rings is 1. The Bertz CT molecular complexity index is 1200. The molecule has 1 saturated carbocycles. The third-order valence-electron chi connectivity index (χ3n) is 8.64. The molecule has 6 heteroatoms. The molecule has 3 heterocycles. The van der Waals surface area contributed by atoms with Crippen LogP contribution in [0.1, 0.15) is 49.4 Å². The summed E-state index contributed by atoms with van der Waals surface area (Å²) >= 11 is 0. The van der Waals surface area contributed by atoms with Crippen LogP contribution in [-0.4, -0.2) is 77.6 Å². The molecule has 1 atom stereocenters. The van der Waals surface area contributed by atoms with Gasteiger partial charge in [0.15, 0.2) is 0 Å². The van der Waals surface area contributed by atoms with Gasteiger partial charge in [-0.05, 0) is 68.0 Å². The standard InChI is InChI=1S/C31H39N5O/c1-22-18-25(12-13-36(22)31(37)33-27-4-3-5-27)28-10-11-30-29(28)19-26(20-32-30)24-8-6-23(7-9-24)21-35-16-14-34(2)15-17-35/h6-10,18-20,22,27H,3-5,11-17,21H2,1-2H3,(H,33,37). The number of fused-ring (bicyclic) bond motifs is 1. The Morgan fingerprint density at radius 1 is 1.05 bits per heavy atom. The molecule has 2 aromatic rings. The monoisotopic (exact) mass is 497 g/mol. The molecule has 2 amide bonds. The molecule has 2 aliphatic carbocycles. The summed E-state index contributed by atoms with van der Waals surface area (Å²) in [7, 11) is 2.20. The largest absolute Gasteiger partial charge is 0.335 e. The first-order valence-corrected chi connectivity index (χ1v) is 14.0. The van der Waals surface area contributed by atoms with Gasteiger partial charge in [0.1, 0.15) is 0 Å². The van der Waals surface area contributed by atoms with Crippen LogP contribution in [0, 0.1) is 0 Å². The molecule has 194 valence electrons. The van der Waals surface area contributed by atoms with Gasteiger partial charge in [-0.25, -0.2) is 4.79 Å². The summed E-state index contributed by atoms with van der Waals surface area (Å²) in [6.07, 6.45) is 11.9. The minimum Gasteiger partial charge on any atom is -0.335 e. The first-order chi connectivity index (χ1) is 18.0. The van der Waals surface area contributed by atoms with Crippen molar-refractivity contribution in [3.05, 3.63) is 71.1 Å². The molecule has 1 saturated heterocycles. The van der Waals surface area contributed by atoms with Crippen molar-refractivity contribution in [1.82, 2.24) is 25.0 Å². The van der Waals surface area contributed by atoms with Crippen LogP contribution >= 0.6 is 0 Å².